The average Bonchev–Trinajstić information content (AvgIpc) is 2.57. The fourth-order valence-electron chi connectivity index (χ4n) is 1.85. The van der Waals surface area contributed by atoms with E-state index in [-0.39, 0.29) is 0 Å². The third kappa shape index (κ3) is 5.57. The monoisotopic (exact) mass is 342 g/mol. The molecule has 0 saturated heterocycles. The number of nitrogens with one attached hydrogen (secondary N) is 2. The van der Waals surface area contributed by atoms with Crippen molar-refractivity contribution in [2.75, 3.05) is 46.9 Å². The zero-order valence-corrected chi connectivity index (χ0v) is 14.5. The number of hydrogen-bond acceptors (Lipinski definition) is 6. The Kier molecular flexibility index (Phi) is 8.14. The molecule has 0 atom stereocenters. The number of benzene rings is 1. The second-order valence-electron chi connectivity index (χ2n) is 4.47. The SMILES string of the molecule is COCCCNC(=S)Nc1cc(OC)c(OC)cc1C(=O)OC. The molecule has 0 aliphatic heterocycles. The van der Waals surface area contributed by atoms with Crippen molar-refractivity contribution in [3.8, 4) is 11.5 Å². The Balaban J connectivity index is 2.94. The maximum Gasteiger partial charge on any atom is 0.340 e. The molecule has 0 amide bonds. The molecule has 23 heavy (non-hydrogen) atoms. The van der Waals surface area contributed by atoms with Crippen molar-refractivity contribution in [2.45, 2.75) is 6.42 Å². The minimum Gasteiger partial charge on any atom is -0.493 e. The summed E-state index contributed by atoms with van der Waals surface area (Å²) >= 11 is 5.22. The van der Waals surface area contributed by atoms with Gasteiger partial charge in [-0.3, -0.25) is 0 Å². The number of esters is 1. The maximum atomic E-state index is 11.9. The summed E-state index contributed by atoms with van der Waals surface area (Å²) in [6, 6.07) is 3.18. The standard InChI is InChI=1S/C15H22N2O5S/c1-19-7-5-6-16-15(23)17-11-9-13(21-3)12(20-2)8-10(11)14(18)22-4/h8-9H,5-7H2,1-4H3,(H2,16,17,23). The van der Waals surface area contributed by atoms with Crippen LogP contribution in [0.5, 0.6) is 11.5 Å². The lowest BCUT2D eigenvalue weighted by Gasteiger charge is -2.16. The molecule has 1 aromatic rings. The third-order valence-corrected chi connectivity index (χ3v) is 3.23. The first-order valence-electron chi connectivity index (χ1n) is 6.95. The van der Waals surface area contributed by atoms with E-state index in [4.69, 9.17) is 31.2 Å². The van der Waals surface area contributed by atoms with E-state index in [1.807, 2.05) is 0 Å². The first-order chi connectivity index (χ1) is 11.1. The molecule has 1 rings (SSSR count). The van der Waals surface area contributed by atoms with Crippen LogP contribution in [0, 0.1) is 0 Å². The number of methoxy groups -OCH3 is 4. The van der Waals surface area contributed by atoms with Crippen molar-refractivity contribution in [1.29, 1.82) is 0 Å². The molecule has 7 nitrogen and oxygen atoms in total. The zero-order valence-electron chi connectivity index (χ0n) is 13.7. The lowest BCUT2D eigenvalue weighted by atomic mass is 10.1. The van der Waals surface area contributed by atoms with E-state index in [9.17, 15) is 4.79 Å². The summed E-state index contributed by atoms with van der Waals surface area (Å²) in [7, 11) is 5.96. The van der Waals surface area contributed by atoms with Gasteiger partial charge in [0.15, 0.2) is 16.6 Å². The van der Waals surface area contributed by atoms with Crippen molar-refractivity contribution >= 4 is 29.0 Å². The molecule has 0 radical (unpaired) electrons. The Morgan fingerprint density at radius 1 is 1.13 bits per heavy atom. The van der Waals surface area contributed by atoms with E-state index < -0.39 is 5.97 Å². The summed E-state index contributed by atoms with van der Waals surface area (Å²) in [6.07, 6.45) is 0.814. The van der Waals surface area contributed by atoms with Crippen molar-refractivity contribution in [3.05, 3.63) is 17.7 Å². The minimum absolute atomic E-state index is 0.297. The summed E-state index contributed by atoms with van der Waals surface area (Å²) in [6.45, 7) is 1.29. The topological polar surface area (TPSA) is 78.0 Å². The van der Waals surface area contributed by atoms with Crippen LogP contribution in [0.4, 0.5) is 5.69 Å². The van der Waals surface area contributed by atoms with E-state index in [0.29, 0.717) is 41.0 Å². The number of thiocarbonyl (C=S) groups is 1. The first-order valence-corrected chi connectivity index (χ1v) is 7.36. The van der Waals surface area contributed by atoms with Gasteiger partial charge in [-0.2, -0.15) is 0 Å². The van der Waals surface area contributed by atoms with Crippen molar-refractivity contribution in [1.82, 2.24) is 5.32 Å². The van der Waals surface area contributed by atoms with Crippen LogP contribution in [0.15, 0.2) is 12.1 Å². The molecule has 8 heteroatoms. The molecule has 0 saturated carbocycles. The number of rotatable bonds is 8. The van der Waals surface area contributed by atoms with Gasteiger partial charge in [0.25, 0.3) is 0 Å². The summed E-state index contributed by atoms with van der Waals surface area (Å²) in [5.41, 5.74) is 0.768. The van der Waals surface area contributed by atoms with Crippen molar-refractivity contribution in [3.63, 3.8) is 0 Å². The highest BCUT2D eigenvalue weighted by atomic mass is 32.1. The van der Waals surface area contributed by atoms with Crippen LogP contribution in [0.3, 0.4) is 0 Å². The minimum atomic E-state index is -0.504. The van der Waals surface area contributed by atoms with Crippen LogP contribution in [-0.4, -0.2) is 52.7 Å². The molecule has 0 aliphatic rings. The molecule has 0 heterocycles. The van der Waals surface area contributed by atoms with Gasteiger partial charge >= 0.3 is 5.97 Å². The Hall–Kier alpha value is -2.06. The van der Waals surface area contributed by atoms with Gasteiger partial charge < -0.3 is 29.6 Å². The molecule has 0 aromatic heterocycles. The van der Waals surface area contributed by atoms with E-state index >= 15 is 0 Å². The highest BCUT2D eigenvalue weighted by molar-refractivity contribution is 7.80. The summed E-state index contributed by atoms with van der Waals surface area (Å²) < 4.78 is 20.2. The molecular formula is C15H22N2O5S. The smallest absolute Gasteiger partial charge is 0.340 e. The Labute approximate surface area is 141 Å². The first kappa shape index (κ1) is 19.0. The summed E-state index contributed by atoms with van der Waals surface area (Å²) in [5, 5.41) is 6.39. The Morgan fingerprint density at radius 3 is 2.35 bits per heavy atom. The van der Waals surface area contributed by atoms with Gasteiger partial charge in [-0.25, -0.2) is 4.79 Å². The number of hydrogen-bond donors (Lipinski definition) is 2. The quantitative estimate of drug-likeness (QED) is 0.421. The van der Waals surface area contributed by atoms with E-state index in [1.165, 1.54) is 21.3 Å². The van der Waals surface area contributed by atoms with Gasteiger partial charge in [0, 0.05) is 32.4 Å². The predicted octanol–water partition coefficient (Wildman–Crippen LogP) is 1.81. The van der Waals surface area contributed by atoms with Crippen LogP contribution in [0.2, 0.25) is 0 Å². The molecule has 0 bridgehead atoms. The fourth-order valence-corrected chi connectivity index (χ4v) is 2.06. The largest absolute Gasteiger partial charge is 0.493 e. The van der Waals surface area contributed by atoms with Crippen LogP contribution in [0.25, 0.3) is 0 Å². The third-order valence-electron chi connectivity index (χ3n) is 2.99. The summed E-state index contributed by atoms with van der Waals surface area (Å²) in [5.74, 6) is 0.401. The predicted molar refractivity (Wildman–Crippen MR) is 91.6 cm³/mol. The molecule has 2 N–H and O–H groups in total. The number of ether oxygens (including phenoxy) is 4. The Bertz CT molecular complexity index is 551. The van der Waals surface area contributed by atoms with Gasteiger partial charge in [-0.15, -0.1) is 0 Å². The number of carbonyl (C=O) groups excluding carboxylic acids is 1. The van der Waals surface area contributed by atoms with Crippen molar-refractivity contribution < 1.29 is 23.7 Å². The molecule has 0 unspecified atom stereocenters. The zero-order chi connectivity index (χ0) is 17.2. The van der Waals surface area contributed by atoms with Crippen LogP contribution < -0.4 is 20.1 Å². The second kappa shape index (κ2) is 9.86. The van der Waals surface area contributed by atoms with Gasteiger partial charge in [-0.1, -0.05) is 0 Å². The van der Waals surface area contributed by atoms with Gasteiger partial charge in [0.05, 0.1) is 32.6 Å². The van der Waals surface area contributed by atoms with E-state index in [2.05, 4.69) is 10.6 Å². The normalized spacial score (nSPS) is 9.91. The highest BCUT2D eigenvalue weighted by Crippen LogP contribution is 2.33. The Morgan fingerprint density at radius 2 is 1.78 bits per heavy atom. The average molecular weight is 342 g/mol. The van der Waals surface area contributed by atoms with Gasteiger partial charge in [0.2, 0.25) is 0 Å². The van der Waals surface area contributed by atoms with Crippen LogP contribution >= 0.6 is 12.2 Å². The molecule has 0 spiro atoms. The highest BCUT2D eigenvalue weighted by Gasteiger charge is 2.18. The van der Waals surface area contributed by atoms with Crippen LogP contribution in [-0.2, 0) is 9.47 Å². The van der Waals surface area contributed by atoms with Crippen molar-refractivity contribution in [2.24, 2.45) is 0 Å². The van der Waals surface area contributed by atoms with E-state index in [0.717, 1.165) is 6.42 Å². The maximum absolute atomic E-state index is 11.9. The van der Waals surface area contributed by atoms with Gasteiger partial charge in [-0.05, 0) is 18.6 Å². The molecule has 1 aromatic carbocycles. The number of carbonyl (C=O) groups is 1. The lowest BCUT2D eigenvalue weighted by molar-refractivity contribution is 0.0601. The van der Waals surface area contributed by atoms with E-state index in [1.54, 1.807) is 19.2 Å². The lowest BCUT2D eigenvalue weighted by Crippen LogP contribution is -2.30. The molecule has 128 valence electrons. The molecular weight excluding hydrogens is 320 g/mol. The fraction of sp³-hybridized carbons (Fsp3) is 0.467. The molecule has 0 aliphatic carbocycles. The molecule has 0 fully saturated rings. The summed E-state index contributed by atoms with van der Waals surface area (Å²) in [4.78, 5) is 11.9. The second-order valence-corrected chi connectivity index (χ2v) is 4.88. The van der Waals surface area contributed by atoms with Gasteiger partial charge in [0.1, 0.15) is 0 Å². The number of anilines is 1. The van der Waals surface area contributed by atoms with Crippen LogP contribution in [0.1, 0.15) is 16.8 Å².